The Bertz CT molecular complexity index is 453. The summed E-state index contributed by atoms with van der Waals surface area (Å²) < 4.78 is 7.76. The Morgan fingerprint density at radius 2 is 2.00 bits per heavy atom. The van der Waals surface area contributed by atoms with E-state index in [1.54, 1.807) is 0 Å². The Labute approximate surface area is 129 Å². The summed E-state index contributed by atoms with van der Waals surface area (Å²) in [5, 5.41) is 8.31. The molecule has 0 radical (unpaired) electrons. The summed E-state index contributed by atoms with van der Waals surface area (Å²) in [5.74, 6) is 0. The lowest BCUT2D eigenvalue weighted by atomic mass is 9.75. The smallest absolute Gasteiger partial charge is 0.0596 e. The third kappa shape index (κ3) is 4.55. The molecule has 0 atom stereocenters. The molecule has 1 N–H and O–H groups in total. The number of hydrogen-bond donors (Lipinski definition) is 1. The molecule has 2 rings (SSSR count). The van der Waals surface area contributed by atoms with Crippen LogP contribution >= 0.6 is 0 Å². The van der Waals surface area contributed by atoms with Gasteiger partial charge >= 0.3 is 0 Å². The lowest BCUT2D eigenvalue weighted by Crippen LogP contribution is -2.47. The van der Waals surface area contributed by atoms with Gasteiger partial charge in [-0.2, -0.15) is 5.10 Å². The molecule has 120 valence electrons. The SMILES string of the molecule is CCn1nc(C)cc1CC1(CNC(C)(C)C)CCOCC1. The Hall–Kier alpha value is -0.870. The van der Waals surface area contributed by atoms with Gasteiger partial charge in [-0.05, 0) is 65.4 Å². The van der Waals surface area contributed by atoms with E-state index in [0.29, 0.717) is 5.41 Å². The predicted octanol–water partition coefficient (Wildman–Crippen LogP) is 2.94. The van der Waals surface area contributed by atoms with Crippen LogP contribution in [0, 0.1) is 12.3 Å². The minimum Gasteiger partial charge on any atom is -0.381 e. The normalized spacial score (nSPS) is 18.9. The maximum absolute atomic E-state index is 5.61. The Morgan fingerprint density at radius 1 is 1.33 bits per heavy atom. The maximum Gasteiger partial charge on any atom is 0.0596 e. The molecule has 1 aromatic rings. The monoisotopic (exact) mass is 293 g/mol. The van der Waals surface area contributed by atoms with Gasteiger partial charge in [0.15, 0.2) is 0 Å². The molecule has 0 amide bonds. The summed E-state index contributed by atoms with van der Waals surface area (Å²) in [6.45, 7) is 14.7. The summed E-state index contributed by atoms with van der Waals surface area (Å²) in [7, 11) is 0. The van der Waals surface area contributed by atoms with E-state index < -0.39 is 0 Å². The minimum absolute atomic E-state index is 0.159. The van der Waals surface area contributed by atoms with Crippen molar-refractivity contribution in [3.8, 4) is 0 Å². The highest BCUT2D eigenvalue weighted by Gasteiger charge is 2.34. The number of hydrogen-bond acceptors (Lipinski definition) is 3. The van der Waals surface area contributed by atoms with Crippen LogP contribution in [0.3, 0.4) is 0 Å². The first-order valence-corrected chi connectivity index (χ1v) is 8.20. The molecule has 1 aliphatic rings. The molecule has 1 fully saturated rings. The molecule has 4 nitrogen and oxygen atoms in total. The Kier molecular flexibility index (Phi) is 5.10. The third-order valence-electron chi connectivity index (χ3n) is 4.39. The van der Waals surface area contributed by atoms with Crippen LogP contribution in [0.1, 0.15) is 51.9 Å². The lowest BCUT2D eigenvalue weighted by Gasteiger charge is -2.39. The molecular formula is C17H31N3O. The van der Waals surface area contributed by atoms with Crippen molar-refractivity contribution in [3.05, 3.63) is 17.5 Å². The van der Waals surface area contributed by atoms with Gasteiger partial charge in [0, 0.05) is 37.5 Å². The number of ether oxygens (including phenoxy) is 1. The van der Waals surface area contributed by atoms with E-state index >= 15 is 0 Å². The summed E-state index contributed by atoms with van der Waals surface area (Å²) in [5.41, 5.74) is 2.95. The van der Waals surface area contributed by atoms with E-state index in [1.165, 1.54) is 5.69 Å². The van der Waals surface area contributed by atoms with Gasteiger partial charge in [-0.25, -0.2) is 0 Å². The first-order valence-electron chi connectivity index (χ1n) is 8.20. The van der Waals surface area contributed by atoms with Crippen molar-refractivity contribution in [2.24, 2.45) is 5.41 Å². The summed E-state index contributed by atoms with van der Waals surface area (Å²) >= 11 is 0. The number of rotatable bonds is 5. The molecule has 0 aliphatic carbocycles. The Balaban J connectivity index is 2.15. The second-order valence-corrected chi connectivity index (χ2v) is 7.49. The van der Waals surface area contributed by atoms with Gasteiger partial charge in [-0.15, -0.1) is 0 Å². The fourth-order valence-corrected chi connectivity index (χ4v) is 3.07. The molecule has 2 heterocycles. The molecule has 0 unspecified atom stereocenters. The first-order chi connectivity index (χ1) is 9.84. The van der Waals surface area contributed by atoms with E-state index in [9.17, 15) is 0 Å². The number of aryl methyl sites for hydroxylation is 2. The van der Waals surface area contributed by atoms with Crippen molar-refractivity contribution in [1.82, 2.24) is 15.1 Å². The predicted molar refractivity (Wildman–Crippen MR) is 86.6 cm³/mol. The van der Waals surface area contributed by atoms with E-state index in [2.05, 4.69) is 55.8 Å². The topological polar surface area (TPSA) is 39.1 Å². The molecule has 1 aromatic heterocycles. The average molecular weight is 293 g/mol. The van der Waals surface area contributed by atoms with Gasteiger partial charge in [0.1, 0.15) is 0 Å². The average Bonchev–Trinajstić information content (AvgIpc) is 2.77. The maximum atomic E-state index is 5.61. The van der Waals surface area contributed by atoms with E-state index in [0.717, 1.165) is 51.3 Å². The molecule has 1 aliphatic heterocycles. The molecule has 0 bridgehead atoms. The molecule has 0 spiro atoms. The van der Waals surface area contributed by atoms with E-state index in [-0.39, 0.29) is 5.54 Å². The van der Waals surface area contributed by atoms with Crippen molar-refractivity contribution in [2.45, 2.75) is 66.0 Å². The van der Waals surface area contributed by atoms with Crippen molar-refractivity contribution in [2.75, 3.05) is 19.8 Å². The first kappa shape index (κ1) is 16.5. The van der Waals surface area contributed by atoms with Gasteiger partial charge in [0.05, 0.1) is 5.69 Å². The number of aromatic nitrogens is 2. The van der Waals surface area contributed by atoms with Crippen molar-refractivity contribution in [3.63, 3.8) is 0 Å². The second kappa shape index (κ2) is 6.49. The zero-order valence-corrected chi connectivity index (χ0v) is 14.3. The highest BCUT2D eigenvalue weighted by Crippen LogP contribution is 2.34. The molecule has 4 heteroatoms. The fourth-order valence-electron chi connectivity index (χ4n) is 3.07. The van der Waals surface area contributed by atoms with Gasteiger partial charge in [0.2, 0.25) is 0 Å². The quantitative estimate of drug-likeness (QED) is 0.907. The molecular weight excluding hydrogens is 262 g/mol. The highest BCUT2D eigenvalue weighted by atomic mass is 16.5. The summed E-state index contributed by atoms with van der Waals surface area (Å²) in [4.78, 5) is 0. The second-order valence-electron chi connectivity index (χ2n) is 7.49. The van der Waals surface area contributed by atoms with Crippen LogP contribution in [-0.2, 0) is 17.7 Å². The largest absolute Gasteiger partial charge is 0.381 e. The van der Waals surface area contributed by atoms with Gasteiger partial charge < -0.3 is 10.1 Å². The van der Waals surface area contributed by atoms with Crippen LogP contribution < -0.4 is 5.32 Å². The van der Waals surface area contributed by atoms with Crippen molar-refractivity contribution in [1.29, 1.82) is 0 Å². The van der Waals surface area contributed by atoms with E-state index in [4.69, 9.17) is 4.74 Å². The number of nitrogens with one attached hydrogen (secondary N) is 1. The van der Waals surface area contributed by atoms with Gasteiger partial charge in [0.25, 0.3) is 0 Å². The number of nitrogens with zero attached hydrogens (tertiary/aromatic N) is 2. The van der Waals surface area contributed by atoms with Gasteiger partial charge in [-0.3, -0.25) is 4.68 Å². The molecule has 0 saturated carbocycles. The van der Waals surface area contributed by atoms with Crippen LogP contribution in [0.4, 0.5) is 0 Å². The van der Waals surface area contributed by atoms with Crippen LogP contribution in [-0.4, -0.2) is 35.1 Å². The summed E-state index contributed by atoms with van der Waals surface area (Å²) in [6.07, 6.45) is 3.35. The minimum atomic E-state index is 0.159. The van der Waals surface area contributed by atoms with Crippen molar-refractivity contribution < 1.29 is 4.74 Å². The lowest BCUT2D eigenvalue weighted by molar-refractivity contribution is 0.0112. The van der Waals surface area contributed by atoms with Crippen LogP contribution in [0.2, 0.25) is 0 Å². The Morgan fingerprint density at radius 3 is 2.57 bits per heavy atom. The van der Waals surface area contributed by atoms with E-state index in [1.807, 2.05) is 0 Å². The van der Waals surface area contributed by atoms with Crippen molar-refractivity contribution >= 4 is 0 Å². The van der Waals surface area contributed by atoms with Crippen LogP contribution in [0.25, 0.3) is 0 Å². The molecule has 21 heavy (non-hydrogen) atoms. The summed E-state index contributed by atoms with van der Waals surface area (Å²) in [6, 6.07) is 2.25. The van der Waals surface area contributed by atoms with Crippen LogP contribution in [0.5, 0.6) is 0 Å². The fraction of sp³-hybridized carbons (Fsp3) is 0.824. The molecule has 1 saturated heterocycles. The standard InChI is InChI=1S/C17H31N3O/c1-6-20-15(11-14(2)19-20)12-17(7-9-21-10-8-17)13-18-16(3,4)5/h11,18H,6-10,12-13H2,1-5H3. The van der Waals surface area contributed by atoms with Crippen LogP contribution in [0.15, 0.2) is 6.07 Å². The third-order valence-corrected chi connectivity index (χ3v) is 4.39. The zero-order chi connectivity index (χ0) is 15.5. The molecule has 0 aromatic carbocycles. The van der Waals surface area contributed by atoms with Gasteiger partial charge in [-0.1, -0.05) is 0 Å². The zero-order valence-electron chi connectivity index (χ0n) is 14.3. The highest BCUT2D eigenvalue weighted by molar-refractivity contribution is 5.12.